The summed E-state index contributed by atoms with van der Waals surface area (Å²) in [6.45, 7) is 5.02. The monoisotopic (exact) mass is 775 g/mol. The number of hydrogen-bond acceptors (Lipinski definition) is 11. The van der Waals surface area contributed by atoms with Crippen LogP contribution in [0.3, 0.4) is 0 Å². The Hall–Kier alpha value is -5.64. The lowest BCUT2D eigenvalue weighted by Gasteiger charge is -2.50. The molecule has 57 heavy (non-hydrogen) atoms. The van der Waals surface area contributed by atoms with Crippen molar-refractivity contribution in [2.45, 2.75) is 74.9 Å². The van der Waals surface area contributed by atoms with Crippen molar-refractivity contribution >= 4 is 63.5 Å². The predicted molar refractivity (Wildman–Crippen MR) is 211 cm³/mol. The van der Waals surface area contributed by atoms with E-state index in [1.807, 2.05) is 18.3 Å². The summed E-state index contributed by atoms with van der Waals surface area (Å²) >= 11 is 0. The molecule has 1 aromatic carbocycles. The van der Waals surface area contributed by atoms with Gasteiger partial charge >= 0.3 is 0 Å². The normalized spacial score (nSPS) is 22.3. The number of carbonyl (C=O) groups excluding carboxylic acids is 4. The summed E-state index contributed by atoms with van der Waals surface area (Å²) < 4.78 is 17.7. The van der Waals surface area contributed by atoms with Gasteiger partial charge in [0.1, 0.15) is 29.0 Å². The van der Waals surface area contributed by atoms with E-state index in [0.717, 1.165) is 87.4 Å². The fourth-order valence-corrected chi connectivity index (χ4v) is 9.76. The Bertz CT molecular complexity index is 2300. The fourth-order valence-electron chi connectivity index (χ4n) is 9.76. The number of pyridine rings is 1. The molecule has 4 aromatic rings. The lowest BCUT2D eigenvalue weighted by atomic mass is 9.93. The van der Waals surface area contributed by atoms with E-state index in [1.54, 1.807) is 31.3 Å². The van der Waals surface area contributed by atoms with Crippen molar-refractivity contribution in [3.8, 4) is 0 Å². The van der Waals surface area contributed by atoms with Crippen LogP contribution in [0.25, 0.3) is 11.0 Å². The first kappa shape index (κ1) is 35.8. The van der Waals surface area contributed by atoms with Gasteiger partial charge in [0.05, 0.1) is 23.0 Å². The summed E-state index contributed by atoms with van der Waals surface area (Å²) in [6.07, 6.45) is 9.54. The second kappa shape index (κ2) is 13.5. The molecule has 5 fully saturated rings. The van der Waals surface area contributed by atoms with Gasteiger partial charge in [-0.25, -0.2) is 14.4 Å². The van der Waals surface area contributed by atoms with Crippen molar-refractivity contribution in [1.82, 2.24) is 34.6 Å². The molecular formula is C41H46FN11O4. The van der Waals surface area contributed by atoms with Crippen LogP contribution >= 0.6 is 0 Å². The molecule has 10 rings (SSSR count). The van der Waals surface area contributed by atoms with E-state index >= 15 is 4.39 Å². The van der Waals surface area contributed by atoms with Gasteiger partial charge in [-0.2, -0.15) is 4.98 Å². The zero-order chi connectivity index (χ0) is 39.2. The molecule has 1 spiro atoms. The summed E-state index contributed by atoms with van der Waals surface area (Å²) in [5, 5.41) is 6.45. The van der Waals surface area contributed by atoms with Crippen molar-refractivity contribution < 1.29 is 23.6 Å². The SMILES string of the molecule is CN(C)C(=O)c1cc2cnc(Nc3ccc(N4CCN(C5CN(c6ccc(F)c7c6C6(CC6)C(=O)N7[C@H]6CCC(=O)NC6=O)C5)CC4)cn3)nc2n1C1CCCC1. The Labute approximate surface area is 329 Å². The highest BCUT2D eigenvalue weighted by Crippen LogP contribution is 2.61. The van der Waals surface area contributed by atoms with Gasteiger partial charge < -0.3 is 24.6 Å². The Morgan fingerprint density at radius 2 is 1.70 bits per heavy atom. The Balaban J connectivity index is 0.778. The number of benzene rings is 1. The van der Waals surface area contributed by atoms with E-state index in [-0.39, 0.29) is 42.3 Å². The summed E-state index contributed by atoms with van der Waals surface area (Å²) in [7, 11) is 3.54. The van der Waals surface area contributed by atoms with Gasteiger partial charge in [0.15, 0.2) is 0 Å². The molecule has 4 amide bonds. The fraction of sp³-hybridized carbons (Fsp3) is 0.488. The molecule has 6 aliphatic rings. The highest BCUT2D eigenvalue weighted by molar-refractivity contribution is 6.16. The first-order chi connectivity index (χ1) is 27.6. The van der Waals surface area contributed by atoms with Crippen LogP contribution in [0.5, 0.6) is 0 Å². The molecular weight excluding hydrogens is 730 g/mol. The van der Waals surface area contributed by atoms with Gasteiger partial charge in [0.25, 0.3) is 5.91 Å². The second-order valence-electron chi connectivity index (χ2n) is 16.6. The standard InChI is InChI=1S/C41H46FN11O4/c1-48(2)38(56)31-19-24-20-44-40(47-36(24)52(31)25-5-3-4-6-25)45-32-11-7-26(21-43-32)49-15-17-50(18-16-49)27-22-51(23-27)29-9-8-28(42)35-34(29)41(13-14-41)39(57)53(35)30-10-12-33(54)46-37(30)55/h7-9,11,19-21,25,27,30H,3-6,10,12-18,22-23H2,1-2H3,(H,46,54,55)(H,43,44,45,47)/t30-/m0/s1. The van der Waals surface area contributed by atoms with Gasteiger partial charge in [0, 0.05) is 94.7 Å². The average molecular weight is 776 g/mol. The number of fused-ring (bicyclic) bond motifs is 3. The molecule has 0 unspecified atom stereocenters. The van der Waals surface area contributed by atoms with E-state index in [4.69, 9.17) is 9.97 Å². The Morgan fingerprint density at radius 3 is 2.39 bits per heavy atom. The number of piperidine rings is 1. The quantitative estimate of drug-likeness (QED) is 0.252. The first-order valence-electron chi connectivity index (χ1n) is 20.2. The minimum absolute atomic E-state index is 0.0401. The van der Waals surface area contributed by atoms with Gasteiger partial charge in [-0.05, 0) is 62.4 Å². The van der Waals surface area contributed by atoms with Gasteiger partial charge in [-0.1, -0.05) is 12.8 Å². The summed E-state index contributed by atoms with van der Waals surface area (Å²) in [4.78, 5) is 75.7. The lowest BCUT2D eigenvalue weighted by molar-refractivity contribution is -0.135. The summed E-state index contributed by atoms with van der Waals surface area (Å²) in [5.74, 6) is -0.605. The maximum Gasteiger partial charge on any atom is 0.270 e. The molecule has 2 saturated carbocycles. The zero-order valence-electron chi connectivity index (χ0n) is 32.2. The largest absolute Gasteiger partial charge is 0.368 e. The summed E-state index contributed by atoms with van der Waals surface area (Å²) in [6, 6.07) is 8.79. The predicted octanol–water partition coefficient (Wildman–Crippen LogP) is 3.72. The Kier molecular flexibility index (Phi) is 8.46. The highest BCUT2D eigenvalue weighted by atomic mass is 19.1. The van der Waals surface area contributed by atoms with E-state index in [1.165, 1.54) is 11.0 Å². The van der Waals surface area contributed by atoms with Crippen LogP contribution in [0.2, 0.25) is 0 Å². The second-order valence-corrected chi connectivity index (χ2v) is 16.6. The smallest absolute Gasteiger partial charge is 0.270 e. The number of nitrogens with one attached hydrogen (secondary N) is 2. The first-order valence-corrected chi connectivity index (χ1v) is 20.2. The van der Waals surface area contributed by atoms with Gasteiger partial charge in [0.2, 0.25) is 23.7 Å². The number of carbonyl (C=O) groups is 4. The number of anilines is 5. The number of nitrogens with zero attached hydrogens (tertiary/aromatic N) is 9. The molecule has 296 valence electrons. The maximum absolute atomic E-state index is 15.6. The molecule has 7 heterocycles. The number of rotatable bonds is 8. The molecule has 3 aromatic heterocycles. The number of halogens is 1. The molecule has 0 bridgehead atoms. The van der Waals surface area contributed by atoms with Crippen LogP contribution in [0.1, 0.15) is 73.5 Å². The van der Waals surface area contributed by atoms with E-state index < -0.39 is 23.2 Å². The van der Waals surface area contributed by atoms with Crippen molar-refractivity contribution in [1.29, 1.82) is 0 Å². The molecule has 16 heteroatoms. The van der Waals surface area contributed by atoms with Crippen LogP contribution in [0.4, 0.5) is 33.2 Å². The maximum atomic E-state index is 15.6. The van der Waals surface area contributed by atoms with Crippen molar-refractivity contribution in [2.24, 2.45) is 0 Å². The third-order valence-electron chi connectivity index (χ3n) is 13.0. The molecule has 2 aliphatic carbocycles. The van der Waals surface area contributed by atoms with Crippen LogP contribution in [0, 0.1) is 5.82 Å². The van der Waals surface area contributed by atoms with Crippen LogP contribution in [-0.4, -0.2) is 118 Å². The van der Waals surface area contributed by atoms with Gasteiger partial charge in [-0.3, -0.25) is 34.3 Å². The van der Waals surface area contributed by atoms with E-state index in [0.29, 0.717) is 41.9 Å². The van der Waals surface area contributed by atoms with E-state index in [2.05, 4.69) is 41.0 Å². The number of imide groups is 1. The third kappa shape index (κ3) is 5.89. The van der Waals surface area contributed by atoms with Gasteiger partial charge in [-0.15, -0.1) is 0 Å². The molecule has 1 atom stereocenters. The zero-order valence-corrected chi connectivity index (χ0v) is 32.2. The Morgan fingerprint density at radius 1 is 0.930 bits per heavy atom. The third-order valence-corrected chi connectivity index (χ3v) is 13.0. The highest BCUT2D eigenvalue weighted by Gasteiger charge is 2.63. The lowest BCUT2D eigenvalue weighted by Crippen LogP contribution is -2.63. The minimum atomic E-state index is -0.888. The molecule has 4 aliphatic heterocycles. The number of hydrogen-bond donors (Lipinski definition) is 2. The molecule has 3 saturated heterocycles. The summed E-state index contributed by atoms with van der Waals surface area (Å²) in [5.41, 5.74) is 3.45. The van der Waals surface area contributed by atoms with E-state index in [9.17, 15) is 19.2 Å². The van der Waals surface area contributed by atoms with Crippen molar-refractivity contribution in [3.05, 3.63) is 59.8 Å². The molecule has 2 N–H and O–H groups in total. The van der Waals surface area contributed by atoms with Crippen LogP contribution in [-0.2, 0) is 19.8 Å². The number of aromatic nitrogens is 4. The van der Waals surface area contributed by atoms with Crippen molar-refractivity contribution in [3.63, 3.8) is 0 Å². The minimum Gasteiger partial charge on any atom is -0.368 e. The number of piperazine rings is 1. The van der Waals surface area contributed by atoms with Crippen molar-refractivity contribution in [2.75, 3.05) is 73.4 Å². The topological polar surface area (TPSA) is 152 Å². The number of amides is 4. The van der Waals surface area contributed by atoms with Crippen LogP contribution < -0.4 is 25.3 Å². The molecule has 15 nitrogen and oxygen atoms in total. The molecule has 0 radical (unpaired) electrons. The average Bonchev–Trinajstić information content (AvgIpc) is 3.51. The van der Waals surface area contributed by atoms with Crippen LogP contribution in [0.15, 0.2) is 42.7 Å².